The third kappa shape index (κ3) is 2.25. The van der Waals surface area contributed by atoms with E-state index < -0.39 is 11.4 Å². The summed E-state index contributed by atoms with van der Waals surface area (Å²) in [4.78, 5) is 11.8. The van der Waals surface area contributed by atoms with Crippen molar-refractivity contribution >= 4 is 17.6 Å². The molecule has 0 aromatic heterocycles. The molecule has 1 aliphatic rings. The fourth-order valence-corrected chi connectivity index (χ4v) is 3.11. The molecule has 1 aliphatic carbocycles. The highest BCUT2D eigenvalue weighted by Gasteiger charge is 2.45. The number of benzene rings is 1. The largest absolute Gasteiger partial charge is 0.497 e. The van der Waals surface area contributed by atoms with Crippen LogP contribution in [-0.2, 0) is 10.2 Å². The summed E-state index contributed by atoms with van der Waals surface area (Å²) < 4.78 is 10.5. The van der Waals surface area contributed by atoms with Gasteiger partial charge in [0.15, 0.2) is 0 Å². The van der Waals surface area contributed by atoms with Crippen molar-refractivity contribution in [3.8, 4) is 11.5 Å². The molecule has 1 aromatic rings. The molecule has 1 aromatic carbocycles. The summed E-state index contributed by atoms with van der Waals surface area (Å²) in [6.45, 7) is 0. The highest BCUT2D eigenvalue weighted by molar-refractivity contribution is 6.32. The van der Waals surface area contributed by atoms with Crippen LogP contribution in [0, 0.1) is 0 Å². The molecule has 0 radical (unpaired) electrons. The number of hydrogen-bond acceptors (Lipinski definition) is 3. The summed E-state index contributed by atoms with van der Waals surface area (Å²) in [5, 5.41) is 10.0. The van der Waals surface area contributed by atoms with Gasteiger partial charge in [-0.1, -0.05) is 24.4 Å². The topological polar surface area (TPSA) is 55.8 Å². The quantitative estimate of drug-likeness (QED) is 0.922. The van der Waals surface area contributed by atoms with Crippen LogP contribution in [0.1, 0.15) is 31.2 Å². The summed E-state index contributed by atoms with van der Waals surface area (Å²) in [7, 11) is 3.03. The van der Waals surface area contributed by atoms with Crippen LogP contribution < -0.4 is 9.47 Å². The molecule has 0 bridgehead atoms. The molecule has 2 rings (SSSR count). The van der Waals surface area contributed by atoms with E-state index in [0.717, 1.165) is 12.8 Å². The lowest BCUT2D eigenvalue weighted by molar-refractivity contribution is -0.143. The van der Waals surface area contributed by atoms with Gasteiger partial charge in [0.1, 0.15) is 11.5 Å². The second kappa shape index (κ2) is 5.29. The third-order valence-corrected chi connectivity index (χ3v) is 4.12. The van der Waals surface area contributed by atoms with Gasteiger partial charge in [-0.2, -0.15) is 0 Å². The monoisotopic (exact) mass is 284 g/mol. The minimum Gasteiger partial charge on any atom is -0.497 e. The third-order valence-electron chi connectivity index (χ3n) is 3.84. The summed E-state index contributed by atoms with van der Waals surface area (Å²) in [5.74, 6) is 0.160. The van der Waals surface area contributed by atoms with Gasteiger partial charge >= 0.3 is 5.97 Å². The lowest BCUT2D eigenvalue weighted by Gasteiger charge is -2.27. The van der Waals surface area contributed by atoms with Crippen molar-refractivity contribution in [2.75, 3.05) is 14.2 Å². The van der Waals surface area contributed by atoms with Crippen LogP contribution in [0.15, 0.2) is 12.1 Å². The molecule has 0 unspecified atom stereocenters. The van der Waals surface area contributed by atoms with Gasteiger partial charge < -0.3 is 14.6 Å². The first-order valence-electron chi connectivity index (χ1n) is 6.20. The van der Waals surface area contributed by atoms with E-state index in [1.165, 1.54) is 14.2 Å². The molecule has 4 nitrogen and oxygen atoms in total. The van der Waals surface area contributed by atoms with Crippen LogP contribution in [0.2, 0.25) is 5.02 Å². The predicted octanol–water partition coefficient (Wildman–Crippen LogP) is 3.25. The highest BCUT2D eigenvalue weighted by Crippen LogP contribution is 2.48. The van der Waals surface area contributed by atoms with Crippen LogP contribution in [0.4, 0.5) is 0 Å². The van der Waals surface area contributed by atoms with Crippen molar-refractivity contribution in [1.82, 2.24) is 0 Å². The van der Waals surface area contributed by atoms with Crippen LogP contribution in [0.5, 0.6) is 11.5 Å². The number of carbonyl (C=O) groups is 1. The number of halogens is 1. The number of rotatable bonds is 4. The summed E-state index contributed by atoms with van der Waals surface area (Å²) >= 11 is 6.16. The second-order valence-corrected chi connectivity index (χ2v) is 5.19. The summed E-state index contributed by atoms with van der Waals surface area (Å²) in [6.07, 6.45) is 2.99. The summed E-state index contributed by atoms with van der Waals surface area (Å²) in [5.41, 5.74) is -0.298. The first kappa shape index (κ1) is 14.0. The van der Waals surface area contributed by atoms with E-state index in [1.54, 1.807) is 12.1 Å². The fraction of sp³-hybridized carbons (Fsp3) is 0.500. The number of carboxylic acid groups (broad SMARTS) is 1. The van der Waals surface area contributed by atoms with Crippen LogP contribution in [-0.4, -0.2) is 25.3 Å². The average molecular weight is 285 g/mol. The maximum Gasteiger partial charge on any atom is 0.314 e. The number of methoxy groups -OCH3 is 2. The molecular formula is C14H17ClO4. The van der Waals surface area contributed by atoms with E-state index in [0.29, 0.717) is 34.9 Å². The van der Waals surface area contributed by atoms with Crippen molar-refractivity contribution in [3.05, 3.63) is 22.7 Å². The number of aliphatic carboxylic acids is 1. The van der Waals surface area contributed by atoms with Crippen molar-refractivity contribution in [2.24, 2.45) is 0 Å². The molecule has 0 aliphatic heterocycles. The Balaban J connectivity index is 2.64. The molecule has 0 atom stereocenters. The smallest absolute Gasteiger partial charge is 0.314 e. The molecule has 19 heavy (non-hydrogen) atoms. The van der Waals surface area contributed by atoms with E-state index in [-0.39, 0.29) is 0 Å². The molecule has 1 fully saturated rings. The van der Waals surface area contributed by atoms with Crippen LogP contribution >= 0.6 is 11.6 Å². The molecule has 1 N–H and O–H groups in total. The van der Waals surface area contributed by atoms with Gasteiger partial charge in [-0.25, -0.2) is 0 Å². The Morgan fingerprint density at radius 3 is 2.37 bits per heavy atom. The molecule has 0 heterocycles. The van der Waals surface area contributed by atoms with Crippen LogP contribution in [0.3, 0.4) is 0 Å². The molecule has 104 valence electrons. The number of carboxylic acids is 1. The zero-order valence-corrected chi connectivity index (χ0v) is 11.8. The maximum atomic E-state index is 11.8. The molecule has 5 heteroatoms. The Hall–Kier alpha value is -1.42. The maximum absolute atomic E-state index is 11.8. The fourth-order valence-electron chi connectivity index (χ4n) is 2.83. The van der Waals surface area contributed by atoms with E-state index >= 15 is 0 Å². The molecular weight excluding hydrogens is 268 g/mol. The lowest BCUT2D eigenvalue weighted by atomic mass is 9.78. The highest BCUT2D eigenvalue weighted by atomic mass is 35.5. The second-order valence-electron chi connectivity index (χ2n) is 4.78. The molecule has 1 saturated carbocycles. The summed E-state index contributed by atoms with van der Waals surface area (Å²) in [6, 6.07) is 3.36. The van der Waals surface area contributed by atoms with Gasteiger partial charge in [-0.3, -0.25) is 4.79 Å². The zero-order valence-electron chi connectivity index (χ0n) is 11.0. The molecule has 0 saturated heterocycles. The SMILES string of the molecule is COc1cc(Cl)c(OC)c(C2(C(=O)O)CCCC2)c1. The van der Waals surface area contributed by atoms with Crippen LogP contribution in [0.25, 0.3) is 0 Å². The predicted molar refractivity (Wildman–Crippen MR) is 72.3 cm³/mol. The number of ether oxygens (including phenoxy) is 2. The van der Waals surface area contributed by atoms with Gasteiger partial charge in [-0.15, -0.1) is 0 Å². The first-order valence-corrected chi connectivity index (χ1v) is 6.58. The Morgan fingerprint density at radius 2 is 1.89 bits per heavy atom. The van der Waals surface area contributed by atoms with Crippen molar-refractivity contribution < 1.29 is 19.4 Å². The molecule has 0 spiro atoms. The lowest BCUT2D eigenvalue weighted by Crippen LogP contribution is -2.33. The van der Waals surface area contributed by atoms with Gasteiger partial charge in [0.2, 0.25) is 0 Å². The number of hydrogen-bond donors (Lipinski definition) is 1. The van der Waals surface area contributed by atoms with Crippen molar-refractivity contribution in [3.63, 3.8) is 0 Å². The Bertz CT molecular complexity index is 492. The minimum atomic E-state index is -0.913. The van der Waals surface area contributed by atoms with Gasteiger partial charge in [0.05, 0.1) is 24.7 Å². The van der Waals surface area contributed by atoms with Gasteiger partial charge in [0.25, 0.3) is 0 Å². The van der Waals surface area contributed by atoms with E-state index in [4.69, 9.17) is 21.1 Å². The van der Waals surface area contributed by atoms with Gasteiger partial charge in [0, 0.05) is 11.6 Å². The van der Waals surface area contributed by atoms with Crippen molar-refractivity contribution in [1.29, 1.82) is 0 Å². The Morgan fingerprint density at radius 1 is 1.26 bits per heavy atom. The standard InChI is InChI=1S/C14H17ClO4/c1-18-9-7-10(12(19-2)11(15)8-9)14(13(16)17)5-3-4-6-14/h7-8H,3-6H2,1-2H3,(H,16,17). The van der Waals surface area contributed by atoms with Crippen molar-refractivity contribution in [2.45, 2.75) is 31.1 Å². The Labute approximate surface area is 117 Å². The van der Waals surface area contributed by atoms with Gasteiger partial charge in [-0.05, 0) is 18.9 Å². The van der Waals surface area contributed by atoms with E-state index in [9.17, 15) is 9.90 Å². The first-order chi connectivity index (χ1) is 9.05. The zero-order chi connectivity index (χ0) is 14.0. The molecule has 0 amide bonds. The van der Waals surface area contributed by atoms with E-state index in [2.05, 4.69) is 0 Å². The normalized spacial score (nSPS) is 17.2. The Kier molecular flexibility index (Phi) is 3.90. The van der Waals surface area contributed by atoms with E-state index in [1.807, 2.05) is 0 Å². The minimum absolute atomic E-state index is 0.379. The average Bonchev–Trinajstić information content (AvgIpc) is 2.88.